The van der Waals surface area contributed by atoms with Crippen molar-refractivity contribution in [3.05, 3.63) is 58.2 Å². The molecular weight excluding hydrogens is 376 g/mol. The normalized spacial score (nSPS) is 20.9. The van der Waals surface area contributed by atoms with Crippen molar-refractivity contribution >= 4 is 0 Å². The van der Waals surface area contributed by atoms with Crippen molar-refractivity contribution < 1.29 is 19.3 Å². The molecule has 1 heterocycles. The number of methoxy groups -OCH3 is 2. The first-order valence-corrected chi connectivity index (χ1v) is 10.7. The second kappa shape index (κ2) is 7.57. The number of benzene rings is 2. The zero-order valence-electron chi connectivity index (χ0n) is 18.8. The van der Waals surface area contributed by atoms with Gasteiger partial charge in [-0.1, -0.05) is 17.7 Å². The van der Waals surface area contributed by atoms with Crippen LogP contribution < -0.4 is 14.2 Å². The van der Waals surface area contributed by atoms with E-state index in [-0.39, 0.29) is 11.4 Å². The lowest BCUT2D eigenvalue weighted by molar-refractivity contribution is 0.00614. The Labute approximate surface area is 179 Å². The van der Waals surface area contributed by atoms with E-state index in [1.54, 1.807) is 26.4 Å². The van der Waals surface area contributed by atoms with E-state index in [1.165, 1.54) is 27.8 Å². The van der Waals surface area contributed by atoms with Crippen LogP contribution in [0.1, 0.15) is 55.9 Å². The Bertz CT molecular complexity index is 999. The molecule has 0 saturated heterocycles. The maximum absolute atomic E-state index is 9.97. The van der Waals surface area contributed by atoms with Crippen molar-refractivity contribution in [2.45, 2.75) is 58.5 Å². The summed E-state index contributed by atoms with van der Waals surface area (Å²) in [6.07, 6.45) is 4.91. The summed E-state index contributed by atoms with van der Waals surface area (Å²) in [5.74, 6) is 3.46. The van der Waals surface area contributed by atoms with Crippen LogP contribution in [0.25, 0.3) is 0 Å². The van der Waals surface area contributed by atoms with Gasteiger partial charge in [0.25, 0.3) is 0 Å². The number of aromatic hydroxyl groups is 1. The molecule has 1 aliphatic carbocycles. The number of rotatable bonds is 4. The fourth-order valence-electron chi connectivity index (χ4n) is 5.20. The minimum absolute atomic E-state index is 0.241. The van der Waals surface area contributed by atoms with Crippen molar-refractivity contribution in [3.63, 3.8) is 0 Å². The molecule has 0 aromatic heterocycles. The Kier molecular flexibility index (Phi) is 5.21. The standard InChI is InChI=1S/C26H32O4/c1-15(2)7-9-17-19-13-22-20(12-21(19)24(29-6)14-23(17)28-5)18-10-8-16(27)11-25(18)30-26(22,3)4/h7-8,10-11,14,20,22,27H,9,12-13H2,1-6H3/t20-,22+/m1/s1. The third-order valence-corrected chi connectivity index (χ3v) is 6.74. The number of phenols is 1. The van der Waals surface area contributed by atoms with Gasteiger partial charge in [-0.15, -0.1) is 0 Å². The van der Waals surface area contributed by atoms with Gasteiger partial charge in [-0.3, -0.25) is 0 Å². The van der Waals surface area contributed by atoms with E-state index in [1.807, 2.05) is 12.1 Å². The van der Waals surface area contributed by atoms with Gasteiger partial charge in [-0.2, -0.15) is 0 Å². The number of hydrogen-bond donors (Lipinski definition) is 1. The van der Waals surface area contributed by atoms with Gasteiger partial charge in [0.1, 0.15) is 28.6 Å². The average molecular weight is 409 g/mol. The highest BCUT2D eigenvalue weighted by atomic mass is 16.5. The SMILES string of the molecule is COc1cc(OC)c2c(c1CC=C(C)C)C[C@H]1[C@H](C2)c2ccc(O)cc2OC1(C)C. The molecule has 4 heteroatoms. The summed E-state index contributed by atoms with van der Waals surface area (Å²) >= 11 is 0. The Morgan fingerprint density at radius 2 is 1.83 bits per heavy atom. The molecule has 1 N–H and O–H groups in total. The summed E-state index contributed by atoms with van der Waals surface area (Å²) in [5, 5.41) is 9.97. The monoisotopic (exact) mass is 408 g/mol. The topological polar surface area (TPSA) is 47.9 Å². The van der Waals surface area contributed by atoms with Gasteiger partial charge in [-0.25, -0.2) is 0 Å². The van der Waals surface area contributed by atoms with Crippen LogP contribution in [0.5, 0.6) is 23.0 Å². The Morgan fingerprint density at radius 1 is 1.10 bits per heavy atom. The molecule has 0 saturated carbocycles. The zero-order valence-corrected chi connectivity index (χ0v) is 18.8. The molecule has 0 fully saturated rings. The van der Waals surface area contributed by atoms with Crippen LogP contribution in [-0.4, -0.2) is 24.9 Å². The molecule has 0 unspecified atom stereocenters. The molecule has 4 nitrogen and oxygen atoms in total. The Hall–Kier alpha value is -2.62. The molecular formula is C26H32O4. The van der Waals surface area contributed by atoms with Gasteiger partial charge < -0.3 is 19.3 Å². The highest BCUT2D eigenvalue weighted by Gasteiger charge is 2.47. The summed E-state index contributed by atoms with van der Waals surface area (Å²) in [6.45, 7) is 8.58. The van der Waals surface area contributed by atoms with Crippen molar-refractivity contribution in [1.29, 1.82) is 0 Å². The molecule has 2 aromatic carbocycles. The molecule has 0 bridgehead atoms. The molecule has 160 valence electrons. The van der Waals surface area contributed by atoms with Crippen LogP contribution in [0, 0.1) is 5.92 Å². The molecule has 2 aliphatic rings. The predicted octanol–water partition coefficient (Wildman–Crippen LogP) is 5.59. The van der Waals surface area contributed by atoms with Crippen LogP contribution in [0.2, 0.25) is 0 Å². The minimum atomic E-state index is -0.340. The molecule has 2 aromatic rings. The molecule has 0 spiro atoms. The number of hydrogen-bond acceptors (Lipinski definition) is 4. The summed E-state index contributed by atoms with van der Waals surface area (Å²) in [7, 11) is 3.46. The van der Waals surface area contributed by atoms with Crippen molar-refractivity contribution in [2.24, 2.45) is 5.92 Å². The fourth-order valence-corrected chi connectivity index (χ4v) is 5.20. The van der Waals surface area contributed by atoms with Crippen LogP contribution in [0.3, 0.4) is 0 Å². The van der Waals surface area contributed by atoms with Gasteiger partial charge in [0, 0.05) is 23.6 Å². The van der Waals surface area contributed by atoms with Gasteiger partial charge in [0.2, 0.25) is 0 Å². The predicted molar refractivity (Wildman–Crippen MR) is 119 cm³/mol. The van der Waals surface area contributed by atoms with Crippen LogP contribution in [0.15, 0.2) is 35.9 Å². The quantitative estimate of drug-likeness (QED) is 0.670. The maximum atomic E-state index is 9.97. The van der Waals surface area contributed by atoms with E-state index >= 15 is 0 Å². The second-order valence-electron chi connectivity index (χ2n) is 9.25. The molecule has 0 radical (unpaired) electrons. The number of phenolic OH excluding ortho intramolecular Hbond substituents is 1. The maximum Gasteiger partial charge on any atom is 0.127 e. The van der Waals surface area contributed by atoms with E-state index < -0.39 is 0 Å². The van der Waals surface area contributed by atoms with Gasteiger partial charge in [0.05, 0.1) is 14.2 Å². The van der Waals surface area contributed by atoms with E-state index in [0.29, 0.717) is 11.8 Å². The first kappa shape index (κ1) is 20.6. The van der Waals surface area contributed by atoms with Crippen molar-refractivity contribution in [1.82, 2.24) is 0 Å². The van der Waals surface area contributed by atoms with Crippen LogP contribution >= 0.6 is 0 Å². The number of ether oxygens (including phenoxy) is 3. The molecule has 30 heavy (non-hydrogen) atoms. The van der Waals surface area contributed by atoms with Gasteiger partial charge in [-0.05, 0) is 75.6 Å². The summed E-state index contributed by atoms with van der Waals surface area (Å²) < 4.78 is 18.0. The molecule has 2 atom stereocenters. The smallest absolute Gasteiger partial charge is 0.127 e. The highest BCUT2D eigenvalue weighted by molar-refractivity contribution is 5.57. The summed E-state index contributed by atoms with van der Waals surface area (Å²) in [6, 6.07) is 7.56. The van der Waals surface area contributed by atoms with E-state index in [9.17, 15) is 5.11 Å². The third-order valence-electron chi connectivity index (χ3n) is 6.74. The minimum Gasteiger partial charge on any atom is -0.508 e. The van der Waals surface area contributed by atoms with Crippen LogP contribution in [-0.2, 0) is 19.3 Å². The molecule has 0 amide bonds. The van der Waals surface area contributed by atoms with Gasteiger partial charge in [0.15, 0.2) is 0 Å². The van der Waals surface area contributed by atoms with Crippen molar-refractivity contribution in [2.75, 3.05) is 14.2 Å². The first-order chi connectivity index (χ1) is 14.2. The first-order valence-electron chi connectivity index (χ1n) is 10.7. The summed E-state index contributed by atoms with van der Waals surface area (Å²) in [5.41, 5.74) is 5.99. The van der Waals surface area contributed by atoms with E-state index in [0.717, 1.165) is 36.5 Å². The third kappa shape index (κ3) is 3.42. The van der Waals surface area contributed by atoms with Crippen LogP contribution in [0.4, 0.5) is 0 Å². The van der Waals surface area contributed by atoms with E-state index in [2.05, 4.69) is 33.8 Å². The molecule has 4 rings (SSSR count). The Balaban J connectivity index is 1.88. The second-order valence-corrected chi connectivity index (χ2v) is 9.25. The highest BCUT2D eigenvalue weighted by Crippen LogP contribution is 2.53. The fraction of sp³-hybridized carbons (Fsp3) is 0.462. The summed E-state index contributed by atoms with van der Waals surface area (Å²) in [4.78, 5) is 0. The number of allylic oxidation sites excluding steroid dienone is 2. The van der Waals surface area contributed by atoms with Crippen molar-refractivity contribution in [3.8, 4) is 23.0 Å². The lowest BCUT2D eigenvalue weighted by atomic mass is 9.64. The van der Waals surface area contributed by atoms with E-state index in [4.69, 9.17) is 14.2 Å². The average Bonchev–Trinajstić information content (AvgIpc) is 2.69. The zero-order chi connectivity index (χ0) is 21.6. The largest absolute Gasteiger partial charge is 0.508 e. The Morgan fingerprint density at radius 3 is 2.50 bits per heavy atom. The lowest BCUT2D eigenvalue weighted by Gasteiger charge is -2.48. The lowest BCUT2D eigenvalue weighted by Crippen LogP contribution is -2.48. The molecule has 1 aliphatic heterocycles. The van der Waals surface area contributed by atoms with Gasteiger partial charge >= 0.3 is 0 Å². The number of fused-ring (bicyclic) bond motifs is 4.